The summed E-state index contributed by atoms with van der Waals surface area (Å²) in [6.07, 6.45) is 7.72. The van der Waals surface area contributed by atoms with Gasteiger partial charge >= 0.3 is 0 Å². The third-order valence-corrected chi connectivity index (χ3v) is 5.40. The Kier molecular flexibility index (Phi) is 4.57. The van der Waals surface area contributed by atoms with E-state index in [0.717, 1.165) is 16.6 Å². The number of hydrogen-bond donors (Lipinski definition) is 1. The van der Waals surface area contributed by atoms with Gasteiger partial charge in [0.2, 0.25) is 5.91 Å². The largest absolute Gasteiger partial charge is 0.488 e. The van der Waals surface area contributed by atoms with Gasteiger partial charge in [0.25, 0.3) is 0 Å². The quantitative estimate of drug-likeness (QED) is 0.726. The number of aromatic nitrogens is 4. The van der Waals surface area contributed by atoms with Gasteiger partial charge < -0.3 is 10.1 Å². The first-order chi connectivity index (χ1) is 13.2. The first kappa shape index (κ1) is 18.8. The maximum absolute atomic E-state index is 11.5. The van der Waals surface area contributed by atoms with Gasteiger partial charge in [0.15, 0.2) is 0 Å². The summed E-state index contributed by atoms with van der Waals surface area (Å²) < 4.78 is 9.93. The normalized spacial score (nSPS) is 18.5. The van der Waals surface area contributed by atoms with Crippen LogP contribution in [0.3, 0.4) is 0 Å². The molecule has 8 heteroatoms. The molecule has 0 aromatic carbocycles. The Morgan fingerprint density at radius 2 is 2.04 bits per heavy atom. The van der Waals surface area contributed by atoms with Crippen LogP contribution >= 0.6 is 11.6 Å². The van der Waals surface area contributed by atoms with Crippen molar-refractivity contribution in [1.29, 1.82) is 0 Å². The monoisotopic (exact) mass is 401 g/mol. The van der Waals surface area contributed by atoms with E-state index >= 15 is 0 Å². The zero-order valence-corrected chi connectivity index (χ0v) is 17.2. The van der Waals surface area contributed by atoms with Gasteiger partial charge in [-0.1, -0.05) is 11.6 Å². The number of carbonyl (C=O) groups excluding carboxylic acids is 1. The zero-order valence-electron chi connectivity index (χ0n) is 16.4. The van der Waals surface area contributed by atoms with E-state index in [2.05, 4.69) is 36.3 Å². The number of nitrogens with one attached hydrogen (secondary N) is 1. The van der Waals surface area contributed by atoms with Gasteiger partial charge in [0.05, 0.1) is 23.0 Å². The van der Waals surface area contributed by atoms with Crippen molar-refractivity contribution < 1.29 is 9.53 Å². The second-order valence-electron chi connectivity index (χ2n) is 8.31. The van der Waals surface area contributed by atoms with E-state index in [-0.39, 0.29) is 23.5 Å². The van der Waals surface area contributed by atoms with Gasteiger partial charge in [-0.25, -0.2) is 4.52 Å². The van der Waals surface area contributed by atoms with Crippen LogP contribution in [-0.2, 0) is 10.3 Å². The number of carbonyl (C=O) groups is 1. The van der Waals surface area contributed by atoms with Gasteiger partial charge in [-0.15, -0.1) is 0 Å². The van der Waals surface area contributed by atoms with Crippen LogP contribution in [0.25, 0.3) is 16.6 Å². The Morgan fingerprint density at radius 1 is 1.25 bits per heavy atom. The average molecular weight is 402 g/mol. The summed E-state index contributed by atoms with van der Waals surface area (Å²) in [5, 5.41) is 12.2. The molecule has 2 atom stereocenters. The van der Waals surface area contributed by atoms with E-state index in [1.165, 1.54) is 0 Å². The lowest BCUT2D eigenvalue weighted by Crippen LogP contribution is -2.25. The molecular formula is C20H24ClN5O2. The molecule has 3 aromatic rings. The maximum atomic E-state index is 11.5. The molecule has 1 fully saturated rings. The summed E-state index contributed by atoms with van der Waals surface area (Å²) >= 11 is 6.36. The summed E-state index contributed by atoms with van der Waals surface area (Å²) in [4.78, 5) is 11.5. The van der Waals surface area contributed by atoms with Crippen LogP contribution in [0.2, 0.25) is 5.02 Å². The minimum Gasteiger partial charge on any atom is -0.488 e. The van der Waals surface area contributed by atoms with Crippen molar-refractivity contribution in [1.82, 2.24) is 24.7 Å². The Hall–Kier alpha value is -2.54. The minimum atomic E-state index is -0.138. The van der Waals surface area contributed by atoms with Crippen LogP contribution in [0.15, 0.2) is 30.9 Å². The molecule has 7 nitrogen and oxygen atoms in total. The van der Waals surface area contributed by atoms with Crippen LogP contribution in [0.5, 0.6) is 5.75 Å². The fourth-order valence-electron chi connectivity index (χ4n) is 3.39. The lowest BCUT2D eigenvalue weighted by Gasteiger charge is -2.21. The van der Waals surface area contributed by atoms with E-state index in [1.54, 1.807) is 10.7 Å². The highest BCUT2D eigenvalue weighted by atomic mass is 35.5. The third kappa shape index (κ3) is 3.46. The van der Waals surface area contributed by atoms with Gasteiger partial charge in [0.1, 0.15) is 17.4 Å². The lowest BCUT2D eigenvalue weighted by atomic mass is 10.0. The smallest absolute Gasteiger partial charge is 0.220 e. The molecule has 1 N–H and O–H groups in total. The highest BCUT2D eigenvalue weighted by molar-refractivity contribution is 6.34. The van der Waals surface area contributed by atoms with Crippen molar-refractivity contribution in [3.63, 3.8) is 0 Å². The predicted octanol–water partition coefficient (Wildman–Crippen LogP) is 3.51. The van der Waals surface area contributed by atoms with Crippen molar-refractivity contribution in [2.75, 3.05) is 6.54 Å². The van der Waals surface area contributed by atoms with Crippen molar-refractivity contribution in [2.45, 2.75) is 45.8 Å². The second-order valence-corrected chi connectivity index (χ2v) is 8.72. The van der Waals surface area contributed by atoms with E-state index < -0.39 is 0 Å². The van der Waals surface area contributed by atoms with Gasteiger partial charge in [-0.2, -0.15) is 10.2 Å². The molecule has 148 valence electrons. The highest BCUT2D eigenvalue weighted by Gasteiger charge is 2.29. The average Bonchev–Trinajstić information content (AvgIpc) is 3.34. The summed E-state index contributed by atoms with van der Waals surface area (Å²) in [5.41, 5.74) is 2.52. The van der Waals surface area contributed by atoms with Gasteiger partial charge in [-0.3, -0.25) is 9.48 Å². The number of pyridine rings is 1. The molecule has 4 heterocycles. The van der Waals surface area contributed by atoms with Crippen molar-refractivity contribution in [3.05, 3.63) is 35.9 Å². The molecule has 1 amide bonds. The second kappa shape index (κ2) is 6.81. The number of rotatable bonds is 4. The topological polar surface area (TPSA) is 73.5 Å². The fraction of sp³-hybridized carbons (Fsp3) is 0.450. The fourth-order valence-corrected chi connectivity index (χ4v) is 3.61. The van der Waals surface area contributed by atoms with Crippen LogP contribution in [0, 0.1) is 5.92 Å². The van der Waals surface area contributed by atoms with E-state index in [1.807, 2.05) is 36.3 Å². The summed E-state index contributed by atoms with van der Waals surface area (Å²) in [6, 6.07) is 1.97. The first-order valence-corrected chi connectivity index (χ1v) is 9.76. The van der Waals surface area contributed by atoms with Crippen LogP contribution < -0.4 is 10.1 Å². The molecule has 0 aliphatic carbocycles. The van der Waals surface area contributed by atoms with E-state index in [4.69, 9.17) is 16.3 Å². The molecule has 0 radical (unpaired) electrons. The number of ether oxygens (including phenoxy) is 1. The first-order valence-electron chi connectivity index (χ1n) is 9.38. The van der Waals surface area contributed by atoms with Gasteiger partial charge in [0, 0.05) is 42.4 Å². The molecule has 1 saturated heterocycles. The number of halogens is 1. The number of fused-ring (bicyclic) bond motifs is 1. The van der Waals surface area contributed by atoms with Crippen molar-refractivity contribution in [2.24, 2.45) is 5.92 Å². The Balaban J connectivity index is 1.72. The highest BCUT2D eigenvalue weighted by Crippen LogP contribution is 2.34. The molecule has 4 rings (SSSR count). The molecule has 0 spiro atoms. The van der Waals surface area contributed by atoms with Crippen LogP contribution in [-0.4, -0.2) is 38.0 Å². The molecule has 0 bridgehead atoms. The molecule has 2 unspecified atom stereocenters. The maximum Gasteiger partial charge on any atom is 0.220 e. The predicted molar refractivity (Wildman–Crippen MR) is 108 cm³/mol. The molecular weight excluding hydrogens is 378 g/mol. The third-order valence-electron chi connectivity index (χ3n) is 5.12. The molecule has 3 aromatic heterocycles. The minimum absolute atomic E-state index is 0.0660. The summed E-state index contributed by atoms with van der Waals surface area (Å²) in [6.45, 7) is 8.92. The lowest BCUT2D eigenvalue weighted by molar-refractivity contribution is -0.119. The van der Waals surface area contributed by atoms with Crippen LogP contribution in [0.4, 0.5) is 0 Å². The number of nitrogens with zero attached hydrogens (tertiary/aromatic N) is 4. The zero-order chi connectivity index (χ0) is 20.1. The molecule has 28 heavy (non-hydrogen) atoms. The van der Waals surface area contributed by atoms with E-state index in [0.29, 0.717) is 23.7 Å². The SMILES string of the molecule is CC(Oc1cc(-c2cnn(C(C)(C)C)c2)cn2ncc(Cl)c12)C1CNC(=O)C1. The van der Waals surface area contributed by atoms with Gasteiger partial charge in [-0.05, 0) is 33.8 Å². The molecule has 1 aliphatic rings. The standard InChI is InChI=1S/C20H24ClN5O2/c1-12(13-6-18(27)22-7-13)28-17-5-14(10-25-19(17)16(21)9-23-25)15-8-24-26(11-15)20(2,3)4/h5,8-13H,6-7H2,1-4H3,(H,22,27). The van der Waals surface area contributed by atoms with Crippen molar-refractivity contribution in [3.8, 4) is 16.9 Å². The van der Waals surface area contributed by atoms with Crippen molar-refractivity contribution >= 4 is 23.0 Å². The van der Waals surface area contributed by atoms with Crippen LogP contribution in [0.1, 0.15) is 34.1 Å². The molecule has 1 aliphatic heterocycles. The number of hydrogen-bond acceptors (Lipinski definition) is 4. The number of amides is 1. The summed E-state index contributed by atoms with van der Waals surface area (Å²) in [5.74, 6) is 0.841. The Labute approximate surface area is 168 Å². The summed E-state index contributed by atoms with van der Waals surface area (Å²) in [7, 11) is 0. The molecule has 0 saturated carbocycles. The Bertz CT molecular complexity index is 1030. The van der Waals surface area contributed by atoms with E-state index in [9.17, 15) is 4.79 Å². The Morgan fingerprint density at radius 3 is 2.68 bits per heavy atom.